The Morgan fingerprint density at radius 2 is 2.05 bits per heavy atom. The topological polar surface area (TPSA) is 29.9 Å². The van der Waals surface area contributed by atoms with E-state index in [9.17, 15) is 0 Å². The number of nitrogens with zero attached hydrogens (tertiary/aromatic N) is 2. The van der Waals surface area contributed by atoms with E-state index in [0.717, 1.165) is 28.3 Å². The lowest BCUT2D eigenvalue weighted by molar-refractivity contribution is 1.01. The quantitative estimate of drug-likeness (QED) is 0.746. The van der Waals surface area contributed by atoms with Crippen LogP contribution in [-0.2, 0) is 6.54 Å². The Morgan fingerprint density at radius 3 is 2.75 bits per heavy atom. The third kappa shape index (κ3) is 2.78. The minimum atomic E-state index is 0.765. The predicted molar refractivity (Wildman–Crippen MR) is 87.6 cm³/mol. The second-order valence-electron chi connectivity index (χ2n) is 4.46. The van der Waals surface area contributed by atoms with Gasteiger partial charge in [0.15, 0.2) is 0 Å². The van der Waals surface area contributed by atoms with Crippen molar-refractivity contribution >= 4 is 33.2 Å². The first-order valence-corrected chi connectivity index (χ1v) is 7.98. The fourth-order valence-electron chi connectivity index (χ4n) is 2.02. The molecule has 0 aliphatic rings. The number of benzene rings is 1. The van der Waals surface area contributed by atoms with Crippen LogP contribution >= 0.6 is 27.3 Å². The van der Waals surface area contributed by atoms with Gasteiger partial charge in [0.05, 0.1) is 12.2 Å². The summed E-state index contributed by atoms with van der Waals surface area (Å²) in [7, 11) is 0. The molecule has 2 aromatic heterocycles. The molecule has 20 heavy (non-hydrogen) atoms. The highest BCUT2D eigenvalue weighted by molar-refractivity contribution is 9.10. The molecule has 0 radical (unpaired) electrons. The van der Waals surface area contributed by atoms with Gasteiger partial charge in [0, 0.05) is 21.2 Å². The second kappa shape index (κ2) is 5.81. The van der Waals surface area contributed by atoms with Crippen LogP contribution in [0.3, 0.4) is 0 Å². The predicted octanol–water partition coefficient (Wildman–Crippen LogP) is 4.62. The maximum atomic E-state index is 4.56. The normalized spacial score (nSPS) is 10.7. The third-order valence-corrected chi connectivity index (χ3v) is 4.89. The van der Waals surface area contributed by atoms with Gasteiger partial charge in [-0.05, 0) is 46.4 Å². The molecule has 0 bridgehead atoms. The fourth-order valence-corrected chi connectivity index (χ4v) is 3.45. The molecule has 3 nitrogen and oxygen atoms in total. The number of hydrogen-bond donors (Lipinski definition) is 1. The minimum absolute atomic E-state index is 0.765. The maximum absolute atomic E-state index is 4.56. The zero-order valence-electron chi connectivity index (χ0n) is 11.0. The van der Waals surface area contributed by atoms with Crippen LogP contribution in [-0.4, -0.2) is 9.55 Å². The van der Waals surface area contributed by atoms with Crippen LogP contribution in [0, 0.1) is 6.92 Å². The van der Waals surface area contributed by atoms with Crippen LogP contribution in [0.4, 0.5) is 5.95 Å². The van der Waals surface area contributed by atoms with Crippen LogP contribution in [0.25, 0.3) is 5.69 Å². The summed E-state index contributed by atoms with van der Waals surface area (Å²) in [5.74, 6) is 0.869. The third-order valence-electron chi connectivity index (χ3n) is 2.96. The first-order valence-electron chi connectivity index (χ1n) is 6.31. The van der Waals surface area contributed by atoms with Crippen molar-refractivity contribution in [3.8, 4) is 5.69 Å². The molecule has 102 valence electrons. The molecular weight excluding hydrogens is 334 g/mol. The number of aromatic nitrogens is 2. The van der Waals surface area contributed by atoms with Gasteiger partial charge in [-0.1, -0.05) is 18.2 Å². The largest absolute Gasteiger partial charge is 0.350 e. The van der Waals surface area contributed by atoms with E-state index in [4.69, 9.17) is 0 Å². The number of hydrogen-bond acceptors (Lipinski definition) is 3. The molecule has 3 aromatic rings. The van der Waals surface area contributed by atoms with Gasteiger partial charge in [-0.25, -0.2) is 4.98 Å². The van der Waals surface area contributed by atoms with Crippen molar-refractivity contribution in [3.05, 3.63) is 63.0 Å². The van der Waals surface area contributed by atoms with Crippen LogP contribution in [0.5, 0.6) is 0 Å². The Labute approximate surface area is 130 Å². The lowest BCUT2D eigenvalue weighted by atomic mass is 10.3. The average Bonchev–Trinajstić information content (AvgIpc) is 3.03. The van der Waals surface area contributed by atoms with Gasteiger partial charge in [0.2, 0.25) is 5.95 Å². The molecular formula is C15H14BrN3S. The molecule has 0 aliphatic carbocycles. The molecule has 0 spiro atoms. The lowest BCUT2D eigenvalue weighted by Crippen LogP contribution is -2.05. The van der Waals surface area contributed by atoms with Crippen LogP contribution in [0.1, 0.15) is 10.6 Å². The molecule has 0 saturated carbocycles. The van der Waals surface area contributed by atoms with Crippen molar-refractivity contribution in [1.29, 1.82) is 0 Å². The molecule has 0 aliphatic heterocycles. The van der Waals surface area contributed by atoms with Crippen molar-refractivity contribution in [2.75, 3.05) is 5.32 Å². The number of halogens is 1. The molecule has 0 saturated heterocycles. The van der Waals surface area contributed by atoms with Gasteiger partial charge in [-0.3, -0.25) is 4.57 Å². The summed E-state index contributed by atoms with van der Waals surface area (Å²) in [5, 5.41) is 5.49. The van der Waals surface area contributed by atoms with Gasteiger partial charge in [-0.2, -0.15) is 0 Å². The molecule has 0 fully saturated rings. The number of rotatable bonds is 4. The van der Waals surface area contributed by atoms with E-state index in [1.807, 2.05) is 31.3 Å². The van der Waals surface area contributed by atoms with Crippen LogP contribution in [0.15, 0.2) is 52.4 Å². The fraction of sp³-hybridized carbons (Fsp3) is 0.133. The smallest absolute Gasteiger partial charge is 0.208 e. The summed E-state index contributed by atoms with van der Waals surface area (Å²) in [5.41, 5.74) is 2.11. The SMILES string of the molecule is Cc1cn(-c2ccccc2)c(NCc2sccc2Br)n1. The Hall–Kier alpha value is -1.59. The van der Waals surface area contributed by atoms with Gasteiger partial charge in [0.25, 0.3) is 0 Å². The van der Waals surface area contributed by atoms with E-state index in [1.165, 1.54) is 4.88 Å². The molecule has 5 heteroatoms. The zero-order chi connectivity index (χ0) is 13.9. The van der Waals surface area contributed by atoms with Gasteiger partial charge >= 0.3 is 0 Å². The van der Waals surface area contributed by atoms with Crippen LogP contribution < -0.4 is 5.32 Å². The van der Waals surface area contributed by atoms with Crippen molar-refractivity contribution in [2.45, 2.75) is 13.5 Å². The number of para-hydroxylation sites is 1. The molecule has 1 aromatic carbocycles. The minimum Gasteiger partial charge on any atom is -0.350 e. The molecule has 0 amide bonds. The van der Waals surface area contributed by atoms with E-state index < -0.39 is 0 Å². The highest BCUT2D eigenvalue weighted by Crippen LogP contribution is 2.24. The number of imidazole rings is 1. The Kier molecular flexibility index (Phi) is 3.89. The van der Waals surface area contributed by atoms with Gasteiger partial charge in [-0.15, -0.1) is 11.3 Å². The Morgan fingerprint density at radius 1 is 1.25 bits per heavy atom. The summed E-state index contributed by atoms with van der Waals surface area (Å²) in [4.78, 5) is 5.83. The number of anilines is 1. The van der Waals surface area contributed by atoms with Crippen molar-refractivity contribution in [3.63, 3.8) is 0 Å². The molecule has 0 atom stereocenters. The highest BCUT2D eigenvalue weighted by atomic mass is 79.9. The first kappa shape index (κ1) is 13.4. The molecule has 0 unspecified atom stereocenters. The monoisotopic (exact) mass is 347 g/mol. The second-order valence-corrected chi connectivity index (χ2v) is 6.31. The molecule has 2 heterocycles. The summed E-state index contributed by atoms with van der Waals surface area (Å²) in [6, 6.07) is 12.3. The van der Waals surface area contributed by atoms with Crippen LogP contribution in [0.2, 0.25) is 0 Å². The van der Waals surface area contributed by atoms with E-state index in [2.05, 4.69) is 54.4 Å². The number of aryl methyl sites for hydroxylation is 1. The van der Waals surface area contributed by atoms with E-state index in [0.29, 0.717) is 0 Å². The van der Waals surface area contributed by atoms with Crippen molar-refractivity contribution < 1.29 is 0 Å². The average molecular weight is 348 g/mol. The van der Waals surface area contributed by atoms with Gasteiger partial charge in [0.1, 0.15) is 0 Å². The van der Waals surface area contributed by atoms with Gasteiger partial charge < -0.3 is 5.32 Å². The Balaban J connectivity index is 1.85. The summed E-state index contributed by atoms with van der Waals surface area (Å²) >= 11 is 5.28. The summed E-state index contributed by atoms with van der Waals surface area (Å²) in [6.45, 7) is 2.77. The summed E-state index contributed by atoms with van der Waals surface area (Å²) in [6.07, 6.45) is 2.04. The van der Waals surface area contributed by atoms with E-state index in [1.54, 1.807) is 11.3 Å². The molecule has 1 N–H and O–H groups in total. The Bertz CT molecular complexity index is 703. The zero-order valence-corrected chi connectivity index (χ0v) is 13.4. The van der Waals surface area contributed by atoms with Crippen molar-refractivity contribution in [1.82, 2.24) is 9.55 Å². The van der Waals surface area contributed by atoms with E-state index >= 15 is 0 Å². The van der Waals surface area contributed by atoms with Crippen molar-refractivity contribution in [2.24, 2.45) is 0 Å². The highest BCUT2D eigenvalue weighted by Gasteiger charge is 2.08. The summed E-state index contributed by atoms with van der Waals surface area (Å²) < 4.78 is 3.22. The lowest BCUT2D eigenvalue weighted by Gasteiger charge is -2.09. The first-order chi connectivity index (χ1) is 9.74. The number of thiophene rings is 1. The maximum Gasteiger partial charge on any atom is 0.208 e. The van der Waals surface area contributed by atoms with E-state index in [-0.39, 0.29) is 0 Å². The number of nitrogens with one attached hydrogen (secondary N) is 1. The standard InChI is InChI=1S/C15H14BrN3S/c1-11-10-19(12-5-3-2-4-6-12)15(18-11)17-9-14-13(16)7-8-20-14/h2-8,10H,9H2,1H3,(H,17,18). The molecule has 3 rings (SSSR count).